The van der Waals surface area contributed by atoms with Crippen LogP contribution in [0.4, 0.5) is 5.69 Å². The Balaban J connectivity index is 3.07. The molecule has 0 spiro atoms. The molecule has 0 aliphatic heterocycles. The highest BCUT2D eigenvalue weighted by atomic mass is 32.2. The molecule has 0 aliphatic carbocycles. The molecule has 1 rings (SSSR count). The Hall–Kier alpha value is -1.07. The Morgan fingerprint density at radius 2 is 1.93 bits per heavy atom. The van der Waals surface area contributed by atoms with Gasteiger partial charge in [-0.15, -0.1) is 0 Å². The zero-order valence-electron chi connectivity index (χ0n) is 8.95. The van der Waals surface area contributed by atoms with Gasteiger partial charge >= 0.3 is 0 Å². The SMILES string of the molecule is CCCNc1ccccc1S(=O)(=O)NC. The lowest BCUT2D eigenvalue weighted by atomic mass is 10.3. The van der Waals surface area contributed by atoms with Crippen molar-refractivity contribution in [3.05, 3.63) is 24.3 Å². The van der Waals surface area contributed by atoms with E-state index in [9.17, 15) is 8.42 Å². The van der Waals surface area contributed by atoms with Crippen LogP contribution in [-0.2, 0) is 10.0 Å². The molecule has 1 aromatic carbocycles. The van der Waals surface area contributed by atoms with Crippen LogP contribution in [0.2, 0.25) is 0 Å². The Bertz CT molecular complexity index is 415. The first-order valence-corrected chi connectivity index (χ1v) is 6.36. The van der Waals surface area contributed by atoms with Crippen LogP contribution in [0, 0.1) is 0 Å². The normalized spacial score (nSPS) is 11.3. The predicted molar refractivity (Wildman–Crippen MR) is 61.5 cm³/mol. The van der Waals surface area contributed by atoms with Crippen LogP contribution >= 0.6 is 0 Å². The van der Waals surface area contributed by atoms with Gasteiger partial charge in [-0.05, 0) is 25.6 Å². The fraction of sp³-hybridized carbons (Fsp3) is 0.400. The van der Waals surface area contributed by atoms with Crippen molar-refractivity contribution in [3.63, 3.8) is 0 Å². The molecule has 84 valence electrons. The van der Waals surface area contributed by atoms with E-state index in [1.165, 1.54) is 7.05 Å². The van der Waals surface area contributed by atoms with Crippen molar-refractivity contribution in [1.29, 1.82) is 0 Å². The Kier molecular flexibility index (Phi) is 4.11. The zero-order valence-corrected chi connectivity index (χ0v) is 9.76. The molecule has 0 saturated heterocycles. The van der Waals surface area contributed by atoms with Crippen LogP contribution in [0.5, 0.6) is 0 Å². The summed E-state index contributed by atoms with van der Waals surface area (Å²) in [6.07, 6.45) is 0.952. The van der Waals surface area contributed by atoms with Crippen LogP contribution in [0.25, 0.3) is 0 Å². The molecule has 0 aliphatic rings. The van der Waals surface area contributed by atoms with E-state index < -0.39 is 10.0 Å². The van der Waals surface area contributed by atoms with Crippen molar-refractivity contribution in [2.24, 2.45) is 0 Å². The predicted octanol–water partition coefficient (Wildman–Crippen LogP) is 1.42. The van der Waals surface area contributed by atoms with E-state index in [2.05, 4.69) is 10.0 Å². The summed E-state index contributed by atoms with van der Waals surface area (Å²) in [6.45, 7) is 2.79. The van der Waals surface area contributed by atoms with Crippen LogP contribution in [0.3, 0.4) is 0 Å². The molecule has 4 nitrogen and oxygen atoms in total. The highest BCUT2D eigenvalue weighted by molar-refractivity contribution is 7.89. The number of rotatable bonds is 5. The maximum atomic E-state index is 11.6. The highest BCUT2D eigenvalue weighted by Gasteiger charge is 2.14. The third kappa shape index (κ3) is 2.94. The summed E-state index contributed by atoms with van der Waals surface area (Å²) < 4.78 is 25.6. The van der Waals surface area contributed by atoms with Crippen molar-refractivity contribution < 1.29 is 8.42 Å². The molecule has 0 heterocycles. The fourth-order valence-electron chi connectivity index (χ4n) is 1.22. The van der Waals surface area contributed by atoms with E-state index in [-0.39, 0.29) is 0 Å². The number of para-hydroxylation sites is 1. The van der Waals surface area contributed by atoms with Gasteiger partial charge in [-0.25, -0.2) is 13.1 Å². The van der Waals surface area contributed by atoms with Gasteiger partial charge in [0.2, 0.25) is 10.0 Å². The van der Waals surface area contributed by atoms with Crippen LogP contribution in [0.15, 0.2) is 29.2 Å². The Morgan fingerprint density at radius 1 is 1.27 bits per heavy atom. The molecular weight excluding hydrogens is 212 g/mol. The summed E-state index contributed by atoms with van der Waals surface area (Å²) in [4.78, 5) is 0.293. The summed E-state index contributed by atoms with van der Waals surface area (Å²) in [5.74, 6) is 0. The summed E-state index contributed by atoms with van der Waals surface area (Å²) >= 11 is 0. The molecule has 0 aromatic heterocycles. The second kappa shape index (κ2) is 5.14. The van der Waals surface area contributed by atoms with Gasteiger partial charge < -0.3 is 5.32 Å². The molecule has 0 saturated carbocycles. The number of hydrogen-bond donors (Lipinski definition) is 2. The van der Waals surface area contributed by atoms with Crippen molar-refractivity contribution in [2.75, 3.05) is 18.9 Å². The molecule has 2 N–H and O–H groups in total. The van der Waals surface area contributed by atoms with Gasteiger partial charge in [0.05, 0.1) is 5.69 Å². The lowest BCUT2D eigenvalue weighted by Crippen LogP contribution is -2.20. The lowest BCUT2D eigenvalue weighted by molar-refractivity contribution is 0.588. The van der Waals surface area contributed by atoms with Crippen molar-refractivity contribution in [2.45, 2.75) is 18.2 Å². The van der Waals surface area contributed by atoms with Gasteiger partial charge in [0.25, 0.3) is 0 Å². The molecule has 0 atom stereocenters. The second-order valence-corrected chi connectivity index (χ2v) is 4.99. The third-order valence-corrected chi connectivity index (χ3v) is 3.48. The Morgan fingerprint density at radius 3 is 2.53 bits per heavy atom. The molecule has 15 heavy (non-hydrogen) atoms. The Labute approximate surface area is 90.8 Å². The standard InChI is InChI=1S/C10H16N2O2S/c1-3-8-12-9-6-4-5-7-10(9)15(13,14)11-2/h4-7,11-12H,3,8H2,1-2H3. The number of anilines is 1. The minimum absolute atomic E-state index is 0.293. The van der Waals surface area contributed by atoms with Gasteiger partial charge in [0.1, 0.15) is 4.90 Å². The number of hydrogen-bond acceptors (Lipinski definition) is 3. The van der Waals surface area contributed by atoms with Gasteiger partial charge in [0, 0.05) is 6.54 Å². The molecule has 1 aromatic rings. The smallest absolute Gasteiger partial charge is 0.242 e. The number of nitrogens with one attached hydrogen (secondary N) is 2. The summed E-state index contributed by atoms with van der Waals surface area (Å²) in [7, 11) is -1.96. The first kappa shape index (κ1) is 12.0. The zero-order chi connectivity index (χ0) is 11.3. The maximum Gasteiger partial charge on any atom is 0.242 e. The molecule has 0 amide bonds. The van der Waals surface area contributed by atoms with E-state index in [0.717, 1.165) is 13.0 Å². The molecular formula is C10H16N2O2S. The second-order valence-electron chi connectivity index (χ2n) is 3.13. The summed E-state index contributed by atoms with van der Waals surface area (Å²) in [6, 6.07) is 6.87. The van der Waals surface area contributed by atoms with Gasteiger partial charge in [-0.3, -0.25) is 0 Å². The average molecular weight is 228 g/mol. The van der Waals surface area contributed by atoms with Crippen molar-refractivity contribution in [1.82, 2.24) is 4.72 Å². The van der Waals surface area contributed by atoms with Crippen LogP contribution in [0.1, 0.15) is 13.3 Å². The minimum atomic E-state index is -3.37. The van der Waals surface area contributed by atoms with Gasteiger partial charge in [0.15, 0.2) is 0 Å². The van der Waals surface area contributed by atoms with E-state index in [1.807, 2.05) is 13.0 Å². The van der Waals surface area contributed by atoms with E-state index >= 15 is 0 Å². The maximum absolute atomic E-state index is 11.6. The first-order chi connectivity index (χ1) is 7.11. The van der Waals surface area contributed by atoms with E-state index in [0.29, 0.717) is 10.6 Å². The van der Waals surface area contributed by atoms with E-state index in [1.54, 1.807) is 18.2 Å². The summed E-state index contributed by atoms with van der Waals surface area (Å²) in [5.41, 5.74) is 0.647. The van der Waals surface area contributed by atoms with E-state index in [4.69, 9.17) is 0 Å². The number of benzene rings is 1. The lowest BCUT2D eigenvalue weighted by Gasteiger charge is -2.10. The largest absolute Gasteiger partial charge is 0.384 e. The van der Waals surface area contributed by atoms with Crippen molar-refractivity contribution >= 4 is 15.7 Å². The first-order valence-electron chi connectivity index (χ1n) is 4.88. The number of sulfonamides is 1. The molecule has 0 radical (unpaired) electrons. The average Bonchev–Trinajstić information content (AvgIpc) is 2.26. The molecule has 0 fully saturated rings. The molecule has 5 heteroatoms. The quantitative estimate of drug-likeness (QED) is 0.801. The topological polar surface area (TPSA) is 58.2 Å². The molecule has 0 unspecified atom stereocenters. The highest BCUT2D eigenvalue weighted by Crippen LogP contribution is 2.19. The van der Waals surface area contributed by atoms with Crippen LogP contribution in [-0.4, -0.2) is 22.0 Å². The molecule has 0 bridgehead atoms. The van der Waals surface area contributed by atoms with Crippen molar-refractivity contribution in [3.8, 4) is 0 Å². The van der Waals surface area contributed by atoms with Gasteiger partial charge in [-0.2, -0.15) is 0 Å². The monoisotopic (exact) mass is 228 g/mol. The van der Waals surface area contributed by atoms with Gasteiger partial charge in [-0.1, -0.05) is 19.1 Å². The fourth-order valence-corrected chi connectivity index (χ4v) is 2.12. The third-order valence-electron chi connectivity index (χ3n) is 2.01. The minimum Gasteiger partial charge on any atom is -0.384 e. The van der Waals surface area contributed by atoms with Crippen LogP contribution < -0.4 is 10.0 Å². The summed E-state index contributed by atoms with van der Waals surface area (Å²) in [5, 5.41) is 3.08.